The van der Waals surface area contributed by atoms with E-state index < -0.39 is 5.97 Å². The Bertz CT molecular complexity index is 682. The molecule has 1 aliphatic heterocycles. The Hall–Kier alpha value is -1.94. The minimum Gasteiger partial charge on any atom is -0.481 e. The third-order valence-corrected chi connectivity index (χ3v) is 4.32. The summed E-state index contributed by atoms with van der Waals surface area (Å²) in [6.45, 7) is 4.88. The molecule has 0 spiro atoms. The summed E-state index contributed by atoms with van der Waals surface area (Å²) in [6.07, 6.45) is 4.47. The number of hydrogen-bond donors (Lipinski definition) is 2. The highest BCUT2D eigenvalue weighted by Crippen LogP contribution is 2.31. The van der Waals surface area contributed by atoms with Gasteiger partial charge < -0.3 is 10.4 Å². The summed E-state index contributed by atoms with van der Waals surface area (Å²) in [7, 11) is 0. The first kappa shape index (κ1) is 14.0. The highest BCUT2D eigenvalue weighted by Gasteiger charge is 2.30. The Morgan fingerprint density at radius 2 is 2.19 bits per heavy atom. The lowest BCUT2D eigenvalue weighted by Gasteiger charge is -2.14. The van der Waals surface area contributed by atoms with Gasteiger partial charge in [-0.05, 0) is 34.9 Å². The van der Waals surface area contributed by atoms with E-state index in [0.717, 1.165) is 10.9 Å². The van der Waals surface area contributed by atoms with E-state index in [9.17, 15) is 4.79 Å². The van der Waals surface area contributed by atoms with Gasteiger partial charge in [-0.3, -0.25) is 9.78 Å². The van der Waals surface area contributed by atoms with Crippen LogP contribution in [0.25, 0.3) is 10.8 Å². The fourth-order valence-corrected chi connectivity index (χ4v) is 3.07. The molecule has 1 aromatic carbocycles. The van der Waals surface area contributed by atoms with Gasteiger partial charge in [0.1, 0.15) is 0 Å². The molecule has 1 aromatic heterocycles. The number of nitrogens with one attached hydrogen (secondary N) is 1. The number of rotatable bonds is 3. The van der Waals surface area contributed by atoms with Crippen molar-refractivity contribution in [2.24, 2.45) is 5.92 Å². The number of pyridine rings is 1. The molecule has 21 heavy (non-hydrogen) atoms. The number of aromatic nitrogens is 1. The van der Waals surface area contributed by atoms with Gasteiger partial charge in [0.15, 0.2) is 0 Å². The molecule has 0 radical (unpaired) electrons. The van der Waals surface area contributed by atoms with Crippen molar-refractivity contribution in [3.05, 3.63) is 41.7 Å². The van der Waals surface area contributed by atoms with E-state index in [1.54, 1.807) is 0 Å². The number of fused-ring (bicyclic) bond motifs is 1. The van der Waals surface area contributed by atoms with E-state index in [2.05, 4.69) is 42.3 Å². The van der Waals surface area contributed by atoms with Crippen molar-refractivity contribution >= 4 is 16.7 Å². The number of carboxylic acids is 1. The molecule has 0 saturated carbocycles. The van der Waals surface area contributed by atoms with Gasteiger partial charge in [-0.2, -0.15) is 0 Å². The Balaban J connectivity index is 1.94. The van der Waals surface area contributed by atoms with Crippen LogP contribution in [-0.4, -0.2) is 22.6 Å². The summed E-state index contributed by atoms with van der Waals surface area (Å²) in [4.78, 5) is 15.4. The maximum Gasteiger partial charge on any atom is 0.307 e. The minimum absolute atomic E-state index is 0.123. The molecular formula is C17H20N2O2. The van der Waals surface area contributed by atoms with Crippen molar-refractivity contribution in [3.8, 4) is 0 Å². The molecule has 2 unspecified atom stereocenters. The van der Waals surface area contributed by atoms with Crippen LogP contribution in [0.5, 0.6) is 0 Å². The molecule has 2 N–H and O–H groups in total. The summed E-state index contributed by atoms with van der Waals surface area (Å²) < 4.78 is 0. The number of carboxylic acid groups (broad SMARTS) is 1. The SMILES string of the molecule is CC(C)c1cncc2cc(C3CC(C(=O)O)CN3)ccc12. The van der Waals surface area contributed by atoms with Crippen LogP contribution in [-0.2, 0) is 4.79 Å². The Morgan fingerprint density at radius 1 is 1.38 bits per heavy atom. The zero-order valence-electron chi connectivity index (χ0n) is 12.3. The smallest absolute Gasteiger partial charge is 0.307 e. The van der Waals surface area contributed by atoms with Crippen LogP contribution in [0.2, 0.25) is 0 Å². The predicted octanol–water partition coefficient (Wildman–Crippen LogP) is 3.09. The highest BCUT2D eigenvalue weighted by atomic mass is 16.4. The van der Waals surface area contributed by atoms with Crippen LogP contribution in [0.15, 0.2) is 30.6 Å². The third-order valence-electron chi connectivity index (χ3n) is 4.32. The monoisotopic (exact) mass is 284 g/mol. The second-order valence-corrected chi connectivity index (χ2v) is 6.10. The van der Waals surface area contributed by atoms with Gasteiger partial charge in [0.25, 0.3) is 0 Å². The molecule has 4 nitrogen and oxygen atoms in total. The second kappa shape index (κ2) is 5.45. The van der Waals surface area contributed by atoms with E-state index in [1.165, 1.54) is 10.9 Å². The van der Waals surface area contributed by atoms with Crippen LogP contribution in [0.1, 0.15) is 43.4 Å². The molecule has 0 aliphatic carbocycles. The van der Waals surface area contributed by atoms with Crippen molar-refractivity contribution in [2.45, 2.75) is 32.2 Å². The summed E-state index contributed by atoms with van der Waals surface area (Å²) >= 11 is 0. The largest absolute Gasteiger partial charge is 0.481 e. The van der Waals surface area contributed by atoms with E-state index in [1.807, 2.05) is 12.4 Å². The number of hydrogen-bond acceptors (Lipinski definition) is 3. The molecule has 0 amide bonds. The summed E-state index contributed by atoms with van der Waals surface area (Å²) in [6, 6.07) is 6.50. The minimum atomic E-state index is -0.713. The van der Waals surface area contributed by atoms with Crippen molar-refractivity contribution in [3.63, 3.8) is 0 Å². The van der Waals surface area contributed by atoms with Crippen LogP contribution < -0.4 is 5.32 Å². The van der Waals surface area contributed by atoms with E-state index >= 15 is 0 Å². The van der Waals surface area contributed by atoms with Crippen LogP contribution in [0.4, 0.5) is 0 Å². The Morgan fingerprint density at radius 3 is 2.86 bits per heavy atom. The lowest BCUT2D eigenvalue weighted by atomic mass is 9.94. The van der Waals surface area contributed by atoms with E-state index in [-0.39, 0.29) is 12.0 Å². The molecule has 3 rings (SSSR count). The average Bonchev–Trinajstić information content (AvgIpc) is 2.96. The zero-order valence-corrected chi connectivity index (χ0v) is 12.3. The summed E-state index contributed by atoms with van der Waals surface area (Å²) in [5.74, 6) is -0.562. The first-order chi connectivity index (χ1) is 10.1. The Labute approximate surface area is 124 Å². The number of aliphatic carboxylic acids is 1. The predicted molar refractivity (Wildman–Crippen MR) is 82.3 cm³/mol. The quantitative estimate of drug-likeness (QED) is 0.909. The fourth-order valence-electron chi connectivity index (χ4n) is 3.07. The van der Waals surface area contributed by atoms with Crippen molar-refractivity contribution in [1.82, 2.24) is 10.3 Å². The van der Waals surface area contributed by atoms with Crippen molar-refractivity contribution in [2.75, 3.05) is 6.54 Å². The lowest BCUT2D eigenvalue weighted by Crippen LogP contribution is -2.17. The van der Waals surface area contributed by atoms with Crippen LogP contribution >= 0.6 is 0 Å². The molecule has 1 aliphatic rings. The fraction of sp³-hybridized carbons (Fsp3) is 0.412. The standard InChI is InChI=1S/C17H20N2O2/c1-10(2)15-9-18-7-12-5-11(3-4-14(12)15)16-6-13(8-19-16)17(20)21/h3-5,7,9-10,13,16,19H,6,8H2,1-2H3,(H,20,21). The molecule has 2 aromatic rings. The molecular weight excluding hydrogens is 264 g/mol. The third kappa shape index (κ3) is 2.63. The molecule has 4 heteroatoms. The highest BCUT2D eigenvalue weighted by molar-refractivity contribution is 5.86. The Kier molecular flexibility index (Phi) is 3.64. The van der Waals surface area contributed by atoms with Crippen molar-refractivity contribution < 1.29 is 9.90 Å². The average molecular weight is 284 g/mol. The van der Waals surface area contributed by atoms with Gasteiger partial charge in [-0.25, -0.2) is 0 Å². The van der Waals surface area contributed by atoms with Gasteiger partial charge in [0.2, 0.25) is 0 Å². The van der Waals surface area contributed by atoms with Gasteiger partial charge in [0, 0.05) is 30.4 Å². The molecule has 110 valence electrons. The molecule has 1 fully saturated rings. The van der Waals surface area contributed by atoms with Gasteiger partial charge >= 0.3 is 5.97 Å². The molecule has 1 saturated heterocycles. The normalized spacial score (nSPS) is 22.0. The van der Waals surface area contributed by atoms with Crippen molar-refractivity contribution in [1.29, 1.82) is 0 Å². The van der Waals surface area contributed by atoms with E-state index in [0.29, 0.717) is 18.9 Å². The van der Waals surface area contributed by atoms with Gasteiger partial charge in [-0.15, -0.1) is 0 Å². The topological polar surface area (TPSA) is 62.2 Å². The number of benzene rings is 1. The van der Waals surface area contributed by atoms with Crippen LogP contribution in [0.3, 0.4) is 0 Å². The van der Waals surface area contributed by atoms with Gasteiger partial charge in [-0.1, -0.05) is 26.0 Å². The molecule has 0 bridgehead atoms. The molecule has 2 atom stereocenters. The first-order valence-electron chi connectivity index (χ1n) is 7.40. The maximum atomic E-state index is 11.1. The first-order valence-corrected chi connectivity index (χ1v) is 7.40. The van der Waals surface area contributed by atoms with Gasteiger partial charge in [0.05, 0.1) is 5.92 Å². The molecule has 2 heterocycles. The maximum absolute atomic E-state index is 11.1. The second-order valence-electron chi connectivity index (χ2n) is 6.10. The number of nitrogens with zero attached hydrogens (tertiary/aromatic N) is 1. The van der Waals surface area contributed by atoms with Crippen LogP contribution in [0, 0.1) is 5.92 Å². The zero-order chi connectivity index (χ0) is 15.0. The summed E-state index contributed by atoms with van der Waals surface area (Å²) in [5.41, 5.74) is 2.40. The number of carbonyl (C=O) groups is 1. The summed E-state index contributed by atoms with van der Waals surface area (Å²) in [5, 5.41) is 14.8. The lowest BCUT2D eigenvalue weighted by molar-refractivity contribution is -0.141. The van der Waals surface area contributed by atoms with E-state index in [4.69, 9.17) is 5.11 Å².